The lowest BCUT2D eigenvalue weighted by atomic mass is 9.97. The van der Waals surface area contributed by atoms with Crippen molar-refractivity contribution in [2.45, 2.75) is 19.8 Å². The van der Waals surface area contributed by atoms with E-state index >= 15 is 0 Å². The summed E-state index contributed by atoms with van der Waals surface area (Å²) in [6, 6.07) is 7.43. The zero-order valence-corrected chi connectivity index (χ0v) is 15.5. The Bertz CT molecular complexity index is 1050. The van der Waals surface area contributed by atoms with Crippen molar-refractivity contribution >= 4 is 23.2 Å². The third-order valence-electron chi connectivity index (χ3n) is 5.12. The molecule has 0 spiro atoms. The first-order chi connectivity index (χ1) is 13.7. The van der Waals surface area contributed by atoms with Gasteiger partial charge >= 0.3 is 0 Å². The topological polar surface area (TPSA) is 93.9 Å². The third kappa shape index (κ3) is 2.98. The second-order valence-corrected chi connectivity index (χ2v) is 7.07. The number of amides is 1. The maximum absolute atomic E-state index is 12.9. The van der Waals surface area contributed by atoms with Crippen LogP contribution in [0.15, 0.2) is 30.6 Å². The summed E-state index contributed by atoms with van der Waals surface area (Å²) >= 11 is 0. The van der Waals surface area contributed by atoms with Crippen molar-refractivity contribution in [3.05, 3.63) is 36.3 Å². The van der Waals surface area contributed by atoms with Gasteiger partial charge in [0.05, 0.1) is 5.92 Å². The maximum Gasteiger partial charge on any atom is 0.254 e. The van der Waals surface area contributed by atoms with Crippen molar-refractivity contribution in [1.29, 1.82) is 0 Å². The fourth-order valence-electron chi connectivity index (χ4n) is 3.75. The van der Waals surface area contributed by atoms with Crippen LogP contribution in [0.3, 0.4) is 0 Å². The average Bonchev–Trinajstić information content (AvgIpc) is 3.36. The normalized spacial score (nSPS) is 18.5. The Morgan fingerprint density at radius 3 is 3.07 bits per heavy atom. The molecule has 9 nitrogen and oxygen atoms in total. The van der Waals surface area contributed by atoms with Gasteiger partial charge in [0, 0.05) is 36.6 Å². The fraction of sp³-hybridized carbons (Fsp3) is 0.368. The number of nitrogens with one attached hydrogen (secondary N) is 1. The molecule has 1 fully saturated rings. The van der Waals surface area contributed by atoms with Crippen LogP contribution in [0.5, 0.6) is 11.5 Å². The van der Waals surface area contributed by atoms with Crippen molar-refractivity contribution in [2.24, 2.45) is 5.92 Å². The highest BCUT2D eigenvalue weighted by atomic mass is 16.7. The van der Waals surface area contributed by atoms with Gasteiger partial charge in [0.25, 0.3) is 5.78 Å². The molecule has 28 heavy (non-hydrogen) atoms. The van der Waals surface area contributed by atoms with Crippen LogP contribution < -0.4 is 19.7 Å². The van der Waals surface area contributed by atoms with Crippen LogP contribution in [0.2, 0.25) is 0 Å². The smallest absolute Gasteiger partial charge is 0.254 e. The molecular formula is C19H20N6O3. The lowest BCUT2D eigenvalue weighted by molar-refractivity contribution is -0.120. The van der Waals surface area contributed by atoms with Gasteiger partial charge in [-0.25, -0.2) is 4.98 Å². The predicted octanol–water partition coefficient (Wildman–Crippen LogP) is 2.02. The molecule has 1 saturated heterocycles. The Hall–Kier alpha value is -3.36. The number of fused-ring (bicyclic) bond motifs is 2. The van der Waals surface area contributed by atoms with E-state index in [2.05, 4.69) is 25.3 Å². The van der Waals surface area contributed by atoms with E-state index in [0.29, 0.717) is 29.5 Å². The van der Waals surface area contributed by atoms with Gasteiger partial charge in [-0.3, -0.25) is 4.79 Å². The van der Waals surface area contributed by atoms with E-state index in [0.717, 1.165) is 30.9 Å². The average molecular weight is 380 g/mol. The number of hydrogen-bond donors (Lipinski definition) is 1. The molecule has 1 aromatic carbocycles. The highest BCUT2D eigenvalue weighted by Crippen LogP contribution is 2.34. The number of anilines is 2. The number of rotatable bonds is 3. The highest BCUT2D eigenvalue weighted by molar-refractivity contribution is 5.93. The number of benzene rings is 1. The van der Waals surface area contributed by atoms with Gasteiger partial charge < -0.3 is 19.7 Å². The van der Waals surface area contributed by atoms with Gasteiger partial charge in [0.1, 0.15) is 12.1 Å². The van der Waals surface area contributed by atoms with Crippen LogP contribution in [0.1, 0.15) is 18.5 Å². The molecule has 3 aromatic rings. The number of aromatic nitrogens is 4. The van der Waals surface area contributed by atoms with E-state index in [9.17, 15) is 4.79 Å². The molecule has 9 heteroatoms. The molecule has 1 N–H and O–H groups in total. The molecule has 2 aromatic heterocycles. The van der Waals surface area contributed by atoms with Crippen LogP contribution in [0.25, 0.3) is 5.78 Å². The molecule has 144 valence electrons. The number of carbonyl (C=O) groups excluding carboxylic acids is 1. The first-order valence-electron chi connectivity index (χ1n) is 9.30. The Balaban J connectivity index is 1.34. The summed E-state index contributed by atoms with van der Waals surface area (Å²) in [5.41, 5.74) is 1.59. The predicted molar refractivity (Wildman–Crippen MR) is 102 cm³/mol. The number of nitrogens with zero attached hydrogens (tertiary/aromatic N) is 5. The molecule has 0 saturated carbocycles. The minimum atomic E-state index is -0.119. The molecule has 4 heterocycles. The van der Waals surface area contributed by atoms with E-state index in [1.165, 1.54) is 6.33 Å². The summed E-state index contributed by atoms with van der Waals surface area (Å²) in [6.45, 7) is 3.64. The maximum atomic E-state index is 12.9. The lowest BCUT2D eigenvalue weighted by Crippen LogP contribution is -2.41. The van der Waals surface area contributed by atoms with Gasteiger partial charge in [0.15, 0.2) is 11.5 Å². The van der Waals surface area contributed by atoms with E-state index in [-0.39, 0.29) is 18.6 Å². The van der Waals surface area contributed by atoms with Crippen LogP contribution in [-0.4, -0.2) is 45.4 Å². The highest BCUT2D eigenvalue weighted by Gasteiger charge is 2.28. The van der Waals surface area contributed by atoms with Crippen LogP contribution in [0.4, 0.5) is 11.5 Å². The molecular weight excluding hydrogens is 360 g/mol. The first-order valence-corrected chi connectivity index (χ1v) is 9.30. The standard InChI is InChI=1S/C19H20N6O3/c1-12-7-17(25-19(22-12)20-10-21-25)24-6-2-3-13(9-24)18(26)23-14-4-5-15-16(8-14)28-11-27-15/h4-5,7-8,10,13H,2-3,6,9,11H2,1H3,(H,23,26). The van der Waals surface area contributed by atoms with E-state index in [1.54, 1.807) is 10.6 Å². The minimum absolute atomic E-state index is 0.00387. The van der Waals surface area contributed by atoms with Crippen LogP contribution >= 0.6 is 0 Å². The number of ether oxygens (including phenoxy) is 2. The second-order valence-electron chi connectivity index (χ2n) is 7.07. The Labute approximate surface area is 161 Å². The summed E-state index contributed by atoms with van der Waals surface area (Å²) in [7, 11) is 0. The zero-order valence-electron chi connectivity index (χ0n) is 15.5. The Kier molecular flexibility index (Phi) is 4.00. The number of piperidine rings is 1. The fourth-order valence-corrected chi connectivity index (χ4v) is 3.75. The first kappa shape index (κ1) is 16.8. The van der Waals surface area contributed by atoms with Crippen molar-refractivity contribution in [3.8, 4) is 11.5 Å². The Morgan fingerprint density at radius 1 is 1.25 bits per heavy atom. The van der Waals surface area contributed by atoms with Gasteiger partial charge in [-0.2, -0.15) is 14.6 Å². The summed E-state index contributed by atoms with van der Waals surface area (Å²) in [6.07, 6.45) is 3.27. The largest absolute Gasteiger partial charge is 0.454 e. The quantitative estimate of drug-likeness (QED) is 0.743. The molecule has 1 amide bonds. The van der Waals surface area contributed by atoms with Crippen LogP contribution in [0, 0.1) is 12.8 Å². The van der Waals surface area contributed by atoms with Gasteiger partial charge in [-0.05, 0) is 31.9 Å². The van der Waals surface area contributed by atoms with E-state index in [4.69, 9.17) is 9.47 Å². The van der Waals surface area contributed by atoms with Crippen molar-refractivity contribution < 1.29 is 14.3 Å². The molecule has 1 unspecified atom stereocenters. The zero-order chi connectivity index (χ0) is 19.1. The monoisotopic (exact) mass is 380 g/mol. The number of carbonyl (C=O) groups is 1. The number of aryl methyl sites for hydroxylation is 1. The SMILES string of the molecule is Cc1cc(N2CCCC(C(=O)Nc3ccc4c(c3)OCO4)C2)n2ncnc2n1. The van der Waals surface area contributed by atoms with Gasteiger partial charge in [-0.1, -0.05) is 0 Å². The molecule has 1 atom stereocenters. The lowest BCUT2D eigenvalue weighted by Gasteiger charge is -2.33. The second kappa shape index (κ2) is 6.66. The van der Waals surface area contributed by atoms with Crippen molar-refractivity contribution in [3.63, 3.8) is 0 Å². The van der Waals surface area contributed by atoms with Crippen molar-refractivity contribution in [1.82, 2.24) is 19.6 Å². The van der Waals surface area contributed by atoms with Gasteiger partial charge in [0.2, 0.25) is 12.7 Å². The molecule has 0 radical (unpaired) electrons. The molecule has 2 aliphatic heterocycles. The molecule has 0 aliphatic carbocycles. The minimum Gasteiger partial charge on any atom is -0.454 e. The molecule has 5 rings (SSSR count). The summed E-state index contributed by atoms with van der Waals surface area (Å²) in [5.74, 6) is 2.73. The summed E-state index contributed by atoms with van der Waals surface area (Å²) in [4.78, 5) is 23.6. The molecule has 2 aliphatic rings. The third-order valence-corrected chi connectivity index (χ3v) is 5.12. The van der Waals surface area contributed by atoms with Crippen LogP contribution in [-0.2, 0) is 4.79 Å². The molecule has 0 bridgehead atoms. The van der Waals surface area contributed by atoms with E-state index in [1.807, 2.05) is 25.1 Å². The summed E-state index contributed by atoms with van der Waals surface area (Å²) in [5, 5.41) is 7.29. The Morgan fingerprint density at radius 2 is 2.14 bits per heavy atom. The summed E-state index contributed by atoms with van der Waals surface area (Å²) < 4.78 is 12.4. The number of hydrogen-bond acceptors (Lipinski definition) is 7. The van der Waals surface area contributed by atoms with E-state index < -0.39 is 0 Å². The van der Waals surface area contributed by atoms with Gasteiger partial charge in [-0.15, -0.1) is 0 Å². The van der Waals surface area contributed by atoms with Crippen molar-refractivity contribution in [2.75, 3.05) is 30.1 Å².